The Hall–Kier alpha value is -3.73. The van der Waals surface area contributed by atoms with Crippen molar-refractivity contribution in [2.75, 3.05) is 16.8 Å². The smallest absolute Gasteiger partial charge is 0.244 e. The van der Waals surface area contributed by atoms with Crippen LogP contribution >= 0.6 is 0 Å². The maximum Gasteiger partial charge on any atom is 0.244 e. The number of hydrogen-bond donors (Lipinski definition) is 1. The highest BCUT2D eigenvalue weighted by Crippen LogP contribution is 2.33. The molecule has 1 aliphatic rings. The van der Waals surface area contributed by atoms with Gasteiger partial charge in [0.1, 0.15) is 6.54 Å². The zero-order valence-corrected chi connectivity index (χ0v) is 18.9. The van der Waals surface area contributed by atoms with Crippen LogP contribution < -0.4 is 10.2 Å². The third-order valence-electron chi connectivity index (χ3n) is 5.86. The number of benzene rings is 3. The average Bonchev–Trinajstić information content (AvgIpc) is 2.89. The van der Waals surface area contributed by atoms with Gasteiger partial charge in [0, 0.05) is 5.69 Å². The van der Waals surface area contributed by atoms with E-state index in [4.69, 9.17) is 4.99 Å². The fourth-order valence-electron chi connectivity index (χ4n) is 3.81. The molecule has 0 atom stereocenters. The number of aryl methyl sites for hydroxylation is 4. The van der Waals surface area contributed by atoms with Crippen LogP contribution in [0.1, 0.15) is 34.2 Å². The first kappa shape index (κ1) is 21.5. The van der Waals surface area contributed by atoms with Gasteiger partial charge in [-0.15, -0.1) is 0 Å². The van der Waals surface area contributed by atoms with Gasteiger partial charge in [-0.3, -0.25) is 14.6 Å². The predicted octanol–water partition coefficient (Wildman–Crippen LogP) is 5.42. The van der Waals surface area contributed by atoms with Crippen molar-refractivity contribution in [1.29, 1.82) is 0 Å². The molecule has 0 fully saturated rings. The van der Waals surface area contributed by atoms with Crippen LogP contribution in [0.25, 0.3) is 0 Å². The molecule has 0 bridgehead atoms. The molecule has 0 saturated heterocycles. The highest BCUT2D eigenvalue weighted by molar-refractivity contribution is 6.19. The van der Waals surface area contributed by atoms with E-state index >= 15 is 0 Å². The van der Waals surface area contributed by atoms with Crippen LogP contribution in [0.4, 0.5) is 17.1 Å². The molecule has 0 spiro atoms. The van der Waals surface area contributed by atoms with Gasteiger partial charge in [0.15, 0.2) is 0 Å². The first-order valence-electron chi connectivity index (χ1n) is 10.7. The molecule has 1 heterocycles. The summed E-state index contributed by atoms with van der Waals surface area (Å²) in [4.78, 5) is 32.5. The summed E-state index contributed by atoms with van der Waals surface area (Å²) in [6, 6.07) is 19.5. The van der Waals surface area contributed by atoms with E-state index in [9.17, 15) is 9.59 Å². The Labute approximate surface area is 188 Å². The summed E-state index contributed by atoms with van der Waals surface area (Å²) in [5, 5.41) is 2.96. The van der Waals surface area contributed by atoms with E-state index in [-0.39, 0.29) is 24.8 Å². The number of nitrogens with zero attached hydrogens (tertiary/aromatic N) is 2. The van der Waals surface area contributed by atoms with Crippen LogP contribution in [0.15, 0.2) is 65.7 Å². The van der Waals surface area contributed by atoms with Crippen molar-refractivity contribution in [3.63, 3.8) is 0 Å². The number of hydrogen-bond acceptors (Lipinski definition) is 3. The second-order valence-electron chi connectivity index (χ2n) is 8.37. The number of aliphatic imine (C=N–C) groups is 1. The zero-order valence-electron chi connectivity index (χ0n) is 18.9. The van der Waals surface area contributed by atoms with Gasteiger partial charge in [-0.2, -0.15) is 0 Å². The SMILES string of the molecule is Cc1ccc(C)c(NC(=O)CN2C(=O)CC(c3ccc(C)c(C)c3)=Nc3ccccc32)c1. The third kappa shape index (κ3) is 4.47. The van der Waals surface area contributed by atoms with Gasteiger partial charge < -0.3 is 10.2 Å². The highest BCUT2D eigenvalue weighted by atomic mass is 16.2. The number of fused-ring (bicyclic) bond motifs is 1. The number of amides is 2. The van der Waals surface area contributed by atoms with E-state index in [2.05, 4.69) is 25.2 Å². The first-order chi connectivity index (χ1) is 15.3. The largest absolute Gasteiger partial charge is 0.324 e. The fourth-order valence-corrected chi connectivity index (χ4v) is 3.81. The lowest BCUT2D eigenvalue weighted by Crippen LogP contribution is -2.38. The minimum atomic E-state index is -0.239. The van der Waals surface area contributed by atoms with Crippen molar-refractivity contribution in [3.8, 4) is 0 Å². The summed E-state index contributed by atoms with van der Waals surface area (Å²) in [6.45, 7) is 7.97. The Bertz CT molecular complexity index is 1240. The molecular formula is C27H27N3O2. The van der Waals surface area contributed by atoms with Crippen molar-refractivity contribution in [2.45, 2.75) is 34.1 Å². The molecule has 0 unspecified atom stereocenters. The number of carbonyl (C=O) groups is 2. The minimum Gasteiger partial charge on any atom is -0.324 e. The van der Waals surface area contributed by atoms with Crippen LogP contribution in [0.2, 0.25) is 0 Å². The van der Waals surface area contributed by atoms with Crippen LogP contribution in [0.5, 0.6) is 0 Å². The lowest BCUT2D eigenvalue weighted by Gasteiger charge is -2.22. The Morgan fingerprint density at radius 1 is 0.938 bits per heavy atom. The lowest BCUT2D eigenvalue weighted by atomic mass is 10.0. The highest BCUT2D eigenvalue weighted by Gasteiger charge is 2.26. The Morgan fingerprint density at radius 3 is 2.47 bits per heavy atom. The van der Waals surface area contributed by atoms with Crippen molar-refractivity contribution < 1.29 is 9.59 Å². The maximum absolute atomic E-state index is 13.3. The average molecular weight is 426 g/mol. The summed E-state index contributed by atoms with van der Waals surface area (Å²) in [5.74, 6) is -0.389. The van der Waals surface area contributed by atoms with Gasteiger partial charge in [0.2, 0.25) is 11.8 Å². The van der Waals surface area contributed by atoms with E-state index in [0.717, 1.165) is 27.9 Å². The number of rotatable bonds is 4. The van der Waals surface area contributed by atoms with Crippen LogP contribution in [0.3, 0.4) is 0 Å². The molecule has 3 aromatic carbocycles. The molecule has 5 heteroatoms. The molecule has 1 N–H and O–H groups in total. The minimum absolute atomic E-state index is 0.0705. The van der Waals surface area contributed by atoms with Crippen molar-refractivity contribution in [3.05, 3.63) is 88.5 Å². The quantitative estimate of drug-likeness (QED) is 0.607. The van der Waals surface area contributed by atoms with Crippen LogP contribution in [-0.4, -0.2) is 24.1 Å². The molecule has 1 aliphatic heterocycles. The van der Waals surface area contributed by atoms with E-state index in [1.54, 1.807) is 0 Å². The summed E-state index contributed by atoms with van der Waals surface area (Å²) >= 11 is 0. The molecule has 0 aromatic heterocycles. The zero-order chi connectivity index (χ0) is 22.8. The number of carbonyl (C=O) groups excluding carboxylic acids is 2. The standard InChI is InChI=1S/C27H27N3O2/c1-17-9-10-19(3)23(13-17)29-26(31)16-30-25-8-6-5-7-22(25)28-24(15-27(30)32)21-12-11-18(2)20(4)14-21/h5-14H,15-16H2,1-4H3,(H,29,31). The molecular weight excluding hydrogens is 398 g/mol. The number of nitrogens with one attached hydrogen (secondary N) is 1. The third-order valence-corrected chi connectivity index (χ3v) is 5.86. The normalized spacial score (nSPS) is 13.3. The Morgan fingerprint density at radius 2 is 1.69 bits per heavy atom. The summed E-state index contributed by atoms with van der Waals surface area (Å²) < 4.78 is 0. The maximum atomic E-state index is 13.3. The number of anilines is 2. The van der Waals surface area contributed by atoms with Gasteiger partial charge in [0.25, 0.3) is 0 Å². The second-order valence-corrected chi connectivity index (χ2v) is 8.37. The second kappa shape index (κ2) is 8.79. The van der Waals surface area contributed by atoms with Gasteiger partial charge >= 0.3 is 0 Å². The molecule has 162 valence electrons. The van der Waals surface area contributed by atoms with Crippen molar-refractivity contribution in [1.82, 2.24) is 0 Å². The molecule has 2 amide bonds. The van der Waals surface area contributed by atoms with Gasteiger partial charge in [-0.05, 0) is 79.8 Å². The van der Waals surface area contributed by atoms with E-state index in [1.165, 1.54) is 10.5 Å². The van der Waals surface area contributed by atoms with Gasteiger partial charge in [0.05, 0.1) is 23.5 Å². The van der Waals surface area contributed by atoms with Crippen molar-refractivity contribution in [2.24, 2.45) is 4.99 Å². The molecule has 3 aromatic rings. The van der Waals surface area contributed by atoms with E-state index < -0.39 is 0 Å². The monoisotopic (exact) mass is 425 g/mol. The molecule has 32 heavy (non-hydrogen) atoms. The summed E-state index contributed by atoms with van der Waals surface area (Å²) in [5.41, 5.74) is 8.12. The van der Waals surface area contributed by atoms with Gasteiger partial charge in [-0.1, -0.05) is 36.4 Å². The topological polar surface area (TPSA) is 61.8 Å². The Balaban J connectivity index is 1.63. The molecule has 0 aliphatic carbocycles. The van der Waals surface area contributed by atoms with Crippen molar-refractivity contribution >= 4 is 34.6 Å². The van der Waals surface area contributed by atoms with Gasteiger partial charge in [-0.25, -0.2) is 0 Å². The number of para-hydroxylation sites is 2. The van der Waals surface area contributed by atoms with E-state index in [0.29, 0.717) is 17.1 Å². The molecule has 0 radical (unpaired) electrons. The molecule has 5 nitrogen and oxygen atoms in total. The van der Waals surface area contributed by atoms with E-state index in [1.807, 2.05) is 68.4 Å². The fraction of sp³-hybridized carbons (Fsp3) is 0.222. The first-order valence-corrected chi connectivity index (χ1v) is 10.7. The van der Waals surface area contributed by atoms with Crippen LogP contribution in [-0.2, 0) is 9.59 Å². The van der Waals surface area contributed by atoms with Crippen LogP contribution in [0, 0.1) is 27.7 Å². The molecule has 0 saturated carbocycles. The predicted molar refractivity (Wildman–Crippen MR) is 130 cm³/mol. The summed E-state index contributed by atoms with van der Waals surface area (Å²) in [7, 11) is 0. The Kier molecular flexibility index (Phi) is 5.91. The lowest BCUT2D eigenvalue weighted by molar-refractivity contribution is -0.120. The molecule has 4 rings (SSSR count). The summed E-state index contributed by atoms with van der Waals surface area (Å²) in [6.07, 6.45) is 0.133.